The molecule has 1 amide bonds. The molecule has 0 saturated heterocycles. The average Bonchev–Trinajstić information content (AvgIpc) is 2.80. The fraction of sp³-hybridized carbons (Fsp3) is 0.615. The van der Waals surface area contributed by atoms with Gasteiger partial charge in [0, 0.05) is 12.5 Å². The Morgan fingerprint density at radius 1 is 1.43 bits per heavy atom. The van der Waals surface area contributed by atoms with E-state index in [0.717, 1.165) is 0 Å². The quantitative estimate of drug-likeness (QED) is 0.773. The summed E-state index contributed by atoms with van der Waals surface area (Å²) in [5.74, 6) is -0.740. The van der Waals surface area contributed by atoms with E-state index in [9.17, 15) is 9.59 Å². The van der Waals surface area contributed by atoms with Crippen LogP contribution < -0.4 is 11.1 Å². The molecule has 21 heavy (non-hydrogen) atoms. The van der Waals surface area contributed by atoms with E-state index in [-0.39, 0.29) is 36.2 Å². The summed E-state index contributed by atoms with van der Waals surface area (Å²) in [4.78, 5) is 28.3. The molecule has 2 unspecified atom stereocenters. The van der Waals surface area contributed by atoms with Crippen molar-refractivity contribution in [1.29, 1.82) is 0 Å². The summed E-state index contributed by atoms with van der Waals surface area (Å²) in [6.45, 7) is 7.72. The number of halogens is 1. The number of rotatable bonds is 6. The lowest BCUT2D eigenvalue weighted by Crippen LogP contribution is -2.34. The normalized spacial score (nSPS) is 13.0. The van der Waals surface area contributed by atoms with Gasteiger partial charge >= 0.3 is 5.97 Å². The number of carbonyl (C=O) groups excluding carboxylic acids is 2. The largest absolute Gasteiger partial charge is 0.462 e. The lowest BCUT2D eigenvalue weighted by atomic mass is 10.1. The number of esters is 1. The molecule has 0 aliphatic heterocycles. The molecule has 0 spiro atoms. The van der Waals surface area contributed by atoms with E-state index in [0.29, 0.717) is 28.7 Å². The highest BCUT2D eigenvalue weighted by Crippen LogP contribution is 2.24. The van der Waals surface area contributed by atoms with Gasteiger partial charge in [-0.2, -0.15) is 0 Å². The Bertz CT molecular complexity index is 493. The minimum absolute atomic E-state index is 0. The number of ether oxygens (including phenoxy) is 1. The fourth-order valence-electron chi connectivity index (χ4n) is 1.51. The second-order valence-corrected chi connectivity index (χ2v) is 5.58. The van der Waals surface area contributed by atoms with Crippen molar-refractivity contribution in [2.24, 2.45) is 11.7 Å². The smallest absolute Gasteiger partial charge is 0.350 e. The van der Waals surface area contributed by atoms with E-state index < -0.39 is 0 Å². The minimum atomic E-state index is -0.373. The van der Waals surface area contributed by atoms with Gasteiger partial charge in [0.2, 0.25) is 5.91 Å². The molecule has 0 fully saturated rings. The number of hydrogen-bond donors (Lipinski definition) is 2. The van der Waals surface area contributed by atoms with E-state index in [1.807, 2.05) is 6.92 Å². The predicted octanol–water partition coefficient (Wildman–Crippen LogP) is 1.82. The first-order valence-corrected chi connectivity index (χ1v) is 7.37. The van der Waals surface area contributed by atoms with Gasteiger partial charge in [-0.1, -0.05) is 6.92 Å². The zero-order valence-corrected chi connectivity index (χ0v) is 14.3. The van der Waals surface area contributed by atoms with Crippen LogP contribution in [-0.4, -0.2) is 30.0 Å². The summed E-state index contributed by atoms with van der Waals surface area (Å²) in [5, 5.41) is 3.52. The molecule has 1 heterocycles. The van der Waals surface area contributed by atoms with Gasteiger partial charge in [-0.05, 0) is 20.8 Å². The number of aromatic nitrogens is 1. The van der Waals surface area contributed by atoms with Crippen molar-refractivity contribution >= 4 is 35.6 Å². The first kappa shape index (κ1) is 19.8. The Kier molecular flexibility index (Phi) is 8.46. The highest BCUT2D eigenvalue weighted by molar-refractivity contribution is 7.13. The van der Waals surface area contributed by atoms with Crippen molar-refractivity contribution in [3.8, 4) is 0 Å². The van der Waals surface area contributed by atoms with Crippen molar-refractivity contribution in [2.45, 2.75) is 33.7 Å². The Morgan fingerprint density at radius 3 is 2.57 bits per heavy atom. The molecular weight excluding hydrogens is 314 g/mol. The van der Waals surface area contributed by atoms with Crippen LogP contribution in [0.3, 0.4) is 0 Å². The maximum Gasteiger partial charge on any atom is 0.350 e. The molecule has 1 aromatic heterocycles. The predicted molar refractivity (Wildman–Crippen MR) is 84.8 cm³/mol. The van der Waals surface area contributed by atoms with Crippen LogP contribution in [0.4, 0.5) is 0 Å². The summed E-state index contributed by atoms with van der Waals surface area (Å²) in [6.07, 6.45) is 0. The zero-order valence-electron chi connectivity index (χ0n) is 12.6. The van der Waals surface area contributed by atoms with E-state index in [1.54, 1.807) is 20.8 Å². The molecule has 0 radical (unpaired) electrons. The number of thiazole rings is 1. The van der Waals surface area contributed by atoms with Gasteiger partial charge in [0.1, 0.15) is 9.88 Å². The van der Waals surface area contributed by atoms with Crippen molar-refractivity contribution in [1.82, 2.24) is 10.3 Å². The molecule has 0 aromatic carbocycles. The van der Waals surface area contributed by atoms with Crippen LogP contribution in [0.5, 0.6) is 0 Å². The van der Waals surface area contributed by atoms with Crippen LogP contribution in [0.25, 0.3) is 0 Å². The Balaban J connectivity index is 0.00000400. The minimum Gasteiger partial charge on any atom is -0.462 e. The second-order valence-electron chi connectivity index (χ2n) is 4.55. The molecule has 0 aliphatic carbocycles. The van der Waals surface area contributed by atoms with Crippen molar-refractivity contribution in [2.75, 3.05) is 13.2 Å². The van der Waals surface area contributed by atoms with Gasteiger partial charge in [-0.25, -0.2) is 9.78 Å². The highest BCUT2D eigenvalue weighted by atomic mass is 35.5. The number of nitrogens with one attached hydrogen (secondary N) is 1. The third-order valence-electron chi connectivity index (χ3n) is 2.80. The molecule has 120 valence electrons. The van der Waals surface area contributed by atoms with Gasteiger partial charge in [0.25, 0.3) is 0 Å². The van der Waals surface area contributed by atoms with E-state index >= 15 is 0 Å². The third kappa shape index (κ3) is 5.26. The van der Waals surface area contributed by atoms with Gasteiger partial charge < -0.3 is 15.8 Å². The summed E-state index contributed by atoms with van der Waals surface area (Å²) in [5.41, 5.74) is 6.08. The Hall–Kier alpha value is -1.18. The molecule has 0 bridgehead atoms. The number of nitrogens with zero attached hydrogens (tertiary/aromatic N) is 1. The molecule has 3 N–H and O–H groups in total. The van der Waals surface area contributed by atoms with Crippen LogP contribution in [0.15, 0.2) is 0 Å². The average molecular weight is 336 g/mol. The van der Waals surface area contributed by atoms with E-state index in [1.165, 1.54) is 11.3 Å². The van der Waals surface area contributed by atoms with Crippen LogP contribution in [0.1, 0.15) is 47.2 Å². The maximum atomic E-state index is 11.8. The number of aryl methyl sites for hydroxylation is 1. The fourth-order valence-corrected chi connectivity index (χ4v) is 2.48. The van der Waals surface area contributed by atoms with Gasteiger partial charge in [-0.15, -0.1) is 23.7 Å². The summed E-state index contributed by atoms with van der Waals surface area (Å²) in [7, 11) is 0. The topological polar surface area (TPSA) is 94.3 Å². The molecule has 1 rings (SSSR count). The van der Waals surface area contributed by atoms with Crippen LogP contribution in [0.2, 0.25) is 0 Å². The summed E-state index contributed by atoms with van der Waals surface area (Å²) < 4.78 is 4.97. The van der Waals surface area contributed by atoms with E-state index in [4.69, 9.17) is 10.5 Å². The SMILES string of the molecule is CCOC(=O)c1sc(C(C)NC(=O)C(C)CN)nc1C.Cl. The number of hydrogen-bond acceptors (Lipinski definition) is 6. The Labute approximate surface area is 134 Å². The number of nitrogens with two attached hydrogens (primary N) is 1. The van der Waals surface area contributed by atoms with Crippen molar-refractivity contribution in [3.05, 3.63) is 15.6 Å². The highest BCUT2D eigenvalue weighted by Gasteiger charge is 2.21. The Morgan fingerprint density at radius 2 is 2.05 bits per heavy atom. The third-order valence-corrected chi connectivity index (χ3v) is 4.12. The molecule has 1 aromatic rings. The zero-order chi connectivity index (χ0) is 15.3. The lowest BCUT2D eigenvalue weighted by Gasteiger charge is -2.14. The summed E-state index contributed by atoms with van der Waals surface area (Å²) in [6, 6.07) is -0.261. The molecular formula is C13H22ClN3O3S. The first-order chi connectivity index (χ1) is 9.40. The molecule has 2 atom stereocenters. The van der Waals surface area contributed by atoms with Crippen molar-refractivity contribution < 1.29 is 14.3 Å². The van der Waals surface area contributed by atoms with Crippen molar-refractivity contribution in [3.63, 3.8) is 0 Å². The standard InChI is InChI=1S/C13H21N3O3S.ClH/c1-5-19-13(18)10-8(3)16-12(20-10)9(4)15-11(17)7(2)6-14;/h7,9H,5-6,14H2,1-4H3,(H,15,17);1H. The van der Waals surface area contributed by atoms with Gasteiger partial charge in [0.15, 0.2) is 0 Å². The van der Waals surface area contributed by atoms with Crippen LogP contribution >= 0.6 is 23.7 Å². The van der Waals surface area contributed by atoms with Gasteiger partial charge in [0.05, 0.1) is 18.3 Å². The van der Waals surface area contributed by atoms with Crippen LogP contribution in [0, 0.1) is 12.8 Å². The maximum absolute atomic E-state index is 11.8. The lowest BCUT2D eigenvalue weighted by molar-refractivity contribution is -0.124. The molecule has 0 aliphatic rings. The monoisotopic (exact) mass is 335 g/mol. The molecule has 8 heteroatoms. The number of carbonyl (C=O) groups is 2. The van der Waals surface area contributed by atoms with Gasteiger partial charge in [-0.3, -0.25) is 4.79 Å². The second kappa shape index (κ2) is 8.96. The first-order valence-electron chi connectivity index (χ1n) is 6.55. The molecule has 6 nitrogen and oxygen atoms in total. The number of amides is 1. The van der Waals surface area contributed by atoms with Crippen LogP contribution in [-0.2, 0) is 9.53 Å². The van der Waals surface area contributed by atoms with E-state index in [2.05, 4.69) is 10.3 Å². The molecule has 0 saturated carbocycles. The summed E-state index contributed by atoms with van der Waals surface area (Å²) >= 11 is 1.25.